The van der Waals surface area contributed by atoms with Gasteiger partial charge in [-0.05, 0) is 38.8 Å². The molecular weight excluding hydrogens is 292 g/mol. The van der Waals surface area contributed by atoms with Gasteiger partial charge in [-0.3, -0.25) is 9.69 Å². The molecule has 0 atom stereocenters. The molecule has 2 aliphatic heterocycles. The molecule has 1 saturated carbocycles. The van der Waals surface area contributed by atoms with E-state index in [2.05, 4.69) is 10.2 Å². The largest absolute Gasteiger partial charge is 0.338 e. The summed E-state index contributed by atoms with van der Waals surface area (Å²) in [5.74, 6) is 0.222. The molecule has 0 aromatic rings. The van der Waals surface area contributed by atoms with Crippen molar-refractivity contribution in [3.8, 4) is 0 Å². The molecule has 3 rings (SSSR count). The van der Waals surface area contributed by atoms with Crippen LogP contribution in [0.5, 0.6) is 0 Å². The zero-order valence-corrected chi connectivity index (χ0v) is 14.1. The molecule has 130 valence electrons. The number of rotatable bonds is 3. The van der Waals surface area contributed by atoms with E-state index >= 15 is 0 Å². The van der Waals surface area contributed by atoms with Gasteiger partial charge >= 0.3 is 6.03 Å². The van der Waals surface area contributed by atoms with E-state index in [-0.39, 0.29) is 11.9 Å². The van der Waals surface area contributed by atoms with Crippen LogP contribution in [0, 0.1) is 0 Å². The number of urea groups is 1. The summed E-state index contributed by atoms with van der Waals surface area (Å²) < 4.78 is 0. The summed E-state index contributed by atoms with van der Waals surface area (Å²) in [5.41, 5.74) is 0. The summed E-state index contributed by atoms with van der Waals surface area (Å²) in [4.78, 5) is 30.7. The first kappa shape index (κ1) is 16.6. The number of piperazine rings is 1. The van der Waals surface area contributed by atoms with E-state index in [4.69, 9.17) is 0 Å². The summed E-state index contributed by atoms with van der Waals surface area (Å²) in [6, 6.07) is 0.412. The molecule has 23 heavy (non-hydrogen) atoms. The van der Waals surface area contributed by atoms with Crippen molar-refractivity contribution in [3.63, 3.8) is 0 Å². The molecule has 0 aromatic carbocycles. The van der Waals surface area contributed by atoms with Gasteiger partial charge in [0.25, 0.3) is 0 Å². The van der Waals surface area contributed by atoms with Crippen molar-refractivity contribution in [1.82, 2.24) is 20.0 Å². The molecular formula is C17H30N4O2. The van der Waals surface area contributed by atoms with E-state index in [1.54, 1.807) is 0 Å². The molecule has 0 radical (unpaired) electrons. The Bertz CT molecular complexity index is 409. The van der Waals surface area contributed by atoms with Crippen LogP contribution in [-0.4, -0.2) is 78.5 Å². The van der Waals surface area contributed by atoms with Crippen LogP contribution in [0.25, 0.3) is 0 Å². The molecule has 2 saturated heterocycles. The lowest BCUT2D eigenvalue weighted by molar-refractivity contribution is -0.133. The van der Waals surface area contributed by atoms with Crippen molar-refractivity contribution in [2.45, 2.75) is 51.0 Å². The van der Waals surface area contributed by atoms with Gasteiger partial charge in [-0.25, -0.2) is 4.79 Å². The highest BCUT2D eigenvalue weighted by Crippen LogP contribution is 2.18. The second-order valence-corrected chi connectivity index (χ2v) is 7.14. The summed E-state index contributed by atoms with van der Waals surface area (Å²) in [5, 5.41) is 3.17. The Hall–Kier alpha value is -1.30. The number of amides is 3. The van der Waals surface area contributed by atoms with Crippen molar-refractivity contribution in [2.24, 2.45) is 0 Å². The molecule has 3 aliphatic rings. The maximum Gasteiger partial charge on any atom is 0.317 e. The molecule has 0 aromatic heterocycles. The number of likely N-dealkylation sites (tertiary alicyclic amines) is 1. The third kappa shape index (κ3) is 4.59. The first-order valence-electron chi connectivity index (χ1n) is 9.28. The summed E-state index contributed by atoms with van der Waals surface area (Å²) in [6.45, 7) is 5.31. The van der Waals surface area contributed by atoms with E-state index in [1.807, 2.05) is 9.80 Å². The first-order chi connectivity index (χ1) is 11.2. The minimum absolute atomic E-state index is 0.0588. The van der Waals surface area contributed by atoms with Crippen LogP contribution in [0.1, 0.15) is 44.9 Å². The minimum Gasteiger partial charge on any atom is -0.338 e. The Labute approximate surface area is 139 Å². The highest BCUT2D eigenvalue weighted by Gasteiger charge is 2.27. The van der Waals surface area contributed by atoms with Gasteiger partial charge in [-0.1, -0.05) is 19.3 Å². The van der Waals surface area contributed by atoms with Crippen LogP contribution in [0.3, 0.4) is 0 Å². The number of hydrogen-bond acceptors (Lipinski definition) is 3. The number of carbonyl (C=O) groups is 2. The standard InChI is InChI=1S/C17H30N4O2/c22-16(14-19-8-4-5-9-19)20-10-12-21(13-11-20)17(23)18-15-6-2-1-3-7-15/h15H,1-14H2,(H,18,23). The van der Waals surface area contributed by atoms with Crippen LogP contribution in [0.4, 0.5) is 4.79 Å². The Kier molecular flexibility index (Phi) is 5.75. The van der Waals surface area contributed by atoms with Gasteiger partial charge in [0.05, 0.1) is 6.54 Å². The van der Waals surface area contributed by atoms with Crippen LogP contribution in [0.2, 0.25) is 0 Å². The number of hydrogen-bond donors (Lipinski definition) is 1. The predicted octanol–water partition coefficient (Wildman–Crippen LogP) is 1.27. The topological polar surface area (TPSA) is 55.9 Å². The van der Waals surface area contributed by atoms with Gasteiger partial charge < -0.3 is 15.1 Å². The first-order valence-corrected chi connectivity index (χ1v) is 9.28. The maximum absolute atomic E-state index is 12.3. The average molecular weight is 322 g/mol. The monoisotopic (exact) mass is 322 g/mol. The Morgan fingerprint density at radius 2 is 1.39 bits per heavy atom. The van der Waals surface area contributed by atoms with Crippen LogP contribution in [0.15, 0.2) is 0 Å². The molecule has 0 bridgehead atoms. The summed E-state index contributed by atoms with van der Waals surface area (Å²) >= 11 is 0. The van der Waals surface area contributed by atoms with Crippen LogP contribution in [-0.2, 0) is 4.79 Å². The van der Waals surface area contributed by atoms with Crippen molar-refractivity contribution in [2.75, 3.05) is 45.8 Å². The number of carbonyl (C=O) groups excluding carboxylic acids is 2. The van der Waals surface area contributed by atoms with Crippen LogP contribution < -0.4 is 5.32 Å². The molecule has 0 unspecified atom stereocenters. The third-order valence-corrected chi connectivity index (χ3v) is 5.41. The lowest BCUT2D eigenvalue weighted by Gasteiger charge is -2.36. The van der Waals surface area contributed by atoms with Crippen molar-refractivity contribution >= 4 is 11.9 Å². The highest BCUT2D eigenvalue weighted by atomic mass is 16.2. The fourth-order valence-electron chi connectivity index (χ4n) is 3.90. The SMILES string of the molecule is O=C(CN1CCCC1)N1CCN(C(=O)NC2CCCCC2)CC1. The second-order valence-electron chi connectivity index (χ2n) is 7.14. The van der Waals surface area contributed by atoms with E-state index < -0.39 is 0 Å². The van der Waals surface area contributed by atoms with Gasteiger partial charge in [0, 0.05) is 32.2 Å². The van der Waals surface area contributed by atoms with Gasteiger partial charge in [0.2, 0.25) is 5.91 Å². The van der Waals surface area contributed by atoms with Crippen LogP contribution >= 0.6 is 0 Å². The lowest BCUT2D eigenvalue weighted by Crippen LogP contribution is -2.55. The molecule has 1 N–H and O–H groups in total. The molecule has 6 heteroatoms. The van der Waals surface area contributed by atoms with E-state index in [1.165, 1.54) is 32.1 Å². The summed E-state index contributed by atoms with van der Waals surface area (Å²) in [7, 11) is 0. The number of nitrogens with one attached hydrogen (secondary N) is 1. The zero-order valence-electron chi connectivity index (χ0n) is 14.1. The quantitative estimate of drug-likeness (QED) is 0.851. The third-order valence-electron chi connectivity index (χ3n) is 5.41. The van der Waals surface area contributed by atoms with Gasteiger partial charge in [-0.15, -0.1) is 0 Å². The lowest BCUT2D eigenvalue weighted by atomic mass is 9.96. The van der Waals surface area contributed by atoms with Crippen molar-refractivity contribution in [3.05, 3.63) is 0 Å². The summed E-state index contributed by atoms with van der Waals surface area (Å²) in [6.07, 6.45) is 8.39. The average Bonchev–Trinajstić information content (AvgIpc) is 3.09. The van der Waals surface area contributed by atoms with Gasteiger partial charge in [0.1, 0.15) is 0 Å². The van der Waals surface area contributed by atoms with E-state index in [9.17, 15) is 9.59 Å². The van der Waals surface area contributed by atoms with Crippen molar-refractivity contribution < 1.29 is 9.59 Å². The van der Waals surface area contributed by atoms with E-state index in [0.29, 0.717) is 38.8 Å². The fourth-order valence-corrected chi connectivity index (χ4v) is 3.90. The van der Waals surface area contributed by atoms with E-state index in [0.717, 1.165) is 25.9 Å². The van der Waals surface area contributed by atoms with Gasteiger partial charge in [-0.2, -0.15) is 0 Å². The Balaban J connectivity index is 1.38. The molecule has 6 nitrogen and oxygen atoms in total. The Morgan fingerprint density at radius 1 is 0.783 bits per heavy atom. The minimum atomic E-state index is 0.0588. The molecule has 2 heterocycles. The maximum atomic E-state index is 12.3. The smallest absolute Gasteiger partial charge is 0.317 e. The second kappa shape index (κ2) is 7.99. The molecule has 1 aliphatic carbocycles. The molecule has 0 spiro atoms. The fraction of sp³-hybridized carbons (Fsp3) is 0.882. The molecule has 3 amide bonds. The predicted molar refractivity (Wildman–Crippen MR) is 89.2 cm³/mol. The molecule has 3 fully saturated rings. The highest BCUT2D eigenvalue weighted by molar-refractivity contribution is 5.79. The number of nitrogens with zero attached hydrogens (tertiary/aromatic N) is 3. The normalized spacial score (nSPS) is 24.0. The Morgan fingerprint density at radius 3 is 2.04 bits per heavy atom. The van der Waals surface area contributed by atoms with Gasteiger partial charge in [0.15, 0.2) is 0 Å². The van der Waals surface area contributed by atoms with Crippen molar-refractivity contribution in [1.29, 1.82) is 0 Å². The zero-order chi connectivity index (χ0) is 16.1.